The lowest BCUT2D eigenvalue weighted by Gasteiger charge is -2.30. The number of aromatic carboxylic acids is 1. The Bertz CT molecular complexity index is 1330. The number of hydrogen-bond acceptors (Lipinski definition) is 7. The molecule has 2 aliphatic rings. The zero-order chi connectivity index (χ0) is 23.8. The van der Waals surface area contributed by atoms with Gasteiger partial charge in [0.25, 0.3) is 0 Å². The number of aryl methyl sites for hydroxylation is 1. The average molecular weight is 465 g/mol. The van der Waals surface area contributed by atoms with E-state index in [-0.39, 0.29) is 5.56 Å². The van der Waals surface area contributed by atoms with Crippen LogP contribution in [-0.2, 0) is 19.4 Å². The first-order chi connectivity index (χ1) is 16.5. The molecule has 1 aliphatic carbocycles. The largest absolute Gasteiger partial charge is 0.497 e. The predicted molar refractivity (Wildman–Crippen MR) is 129 cm³/mol. The Kier molecular flexibility index (Phi) is 5.87. The molecule has 1 aromatic carbocycles. The summed E-state index contributed by atoms with van der Waals surface area (Å²) in [7, 11) is 3.17. The van der Waals surface area contributed by atoms with Crippen molar-refractivity contribution in [2.75, 3.05) is 45.3 Å². The lowest BCUT2D eigenvalue weighted by Crippen LogP contribution is -2.44. The first kappa shape index (κ1) is 22.2. The van der Waals surface area contributed by atoms with Gasteiger partial charge in [-0.05, 0) is 42.5 Å². The fourth-order valence-electron chi connectivity index (χ4n) is 5.06. The van der Waals surface area contributed by atoms with Gasteiger partial charge in [0, 0.05) is 44.0 Å². The van der Waals surface area contributed by atoms with Crippen LogP contribution in [0.3, 0.4) is 0 Å². The van der Waals surface area contributed by atoms with Gasteiger partial charge in [0.1, 0.15) is 28.5 Å². The molecule has 3 heterocycles. The molecule has 0 saturated carbocycles. The molecule has 0 spiro atoms. The van der Waals surface area contributed by atoms with E-state index in [0.717, 1.165) is 67.9 Å². The zero-order valence-corrected chi connectivity index (χ0v) is 19.4. The third-order valence-corrected chi connectivity index (χ3v) is 6.74. The van der Waals surface area contributed by atoms with E-state index in [1.54, 1.807) is 24.9 Å². The summed E-state index contributed by atoms with van der Waals surface area (Å²) >= 11 is 0. The maximum atomic E-state index is 13.3. The maximum absolute atomic E-state index is 13.3. The number of piperazine rings is 1. The van der Waals surface area contributed by atoms with Crippen molar-refractivity contribution in [2.45, 2.75) is 25.8 Å². The normalized spacial score (nSPS) is 15.4. The zero-order valence-electron chi connectivity index (χ0n) is 19.4. The number of carboxylic acid groups (broad SMARTS) is 1. The number of pyridine rings is 2. The van der Waals surface area contributed by atoms with E-state index in [0.29, 0.717) is 29.1 Å². The van der Waals surface area contributed by atoms with E-state index in [1.807, 2.05) is 12.1 Å². The van der Waals surface area contributed by atoms with Gasteiger partial charge in [0.2, 0.25) is 5.43 Å². The third-order valence-electron chi connectivity index (χ3n) is 6.74. The van der Waals surface area contributed by atoms with Gasteiger partial charge < -0.3 is 29.4 Å². The molecule has 5 rings (SSSR count). The molecule has 178 valence electrons. The minimum absolute atomic E-state index is 0.245. The van der Waals surface area contributed by atoms with Crippen LogP contribution in [0.15, 0.2) is 29.2 Å². The monoisotopic (exact) mass is 464 g/mol. The molecule has 1 fully saturated rings. The molecular formula is C25H28N4O5. The van der Waals surface area contributed by atoms with Gasteiger partial charge in [-0.15, -0.1) is 0 Å². The molecular weight excluding hydrogens is 436 g/mol. The van der Waals surface area contributed by atoms with Gasteiger partial charge in [-0.2, -0.15) is 0 Å². The molecule has 0 unspecified atom stereocenters. The third kappa shape index (κ3) is 3.75. The maximum Gasteiger partial charge on any atom is 0.341 e. The van der Waals surface area contributed by atoms with Crippen molar-refractivity contribution in [1.82, 2.24) is 14.9 Å². The number of rotatable bonds is 6. The van der Waals surface area contributed by atoms with Crippen LogP contribution in [0.25, 0.3) is 11.0 Å². The molecule has 9 nitrogen and oxygen atoms in total. The van der Waals surface area contributed by atoms with E-state index in [1.165, 1.54) is 6.20 Å². The van der Waals surface area contributed by atoms with Crippen LogP contribution in [0.1, 0.15) is 33.5 Å². The van der Waals surface area contributed by atoms with Gasteiger partial charge in [-0.3, -0.25) is 4.79 Å². The summed E-state index contributed by atoms with van der Waals surface area (Å²) in [5, 5.41) is 13.6. The number of nitrogens with zero attached hydrogens (tertiary/aromatic N) is 3. The summed E-state index contributed by atoms with van der Waals surface area (Å²) in [4.78, 5) is 32.6. The number of benzene rings is 1. The summed E-state index contributed by atoms with van der Waals surface area (Å²) in [5.41, 5.74) is 2.67. The number of carboxylic acids is 1. The second-order valence-corrected chi connectivity index (χ2v) is 8.66. The lowest BCUT2D eigenvalue weighted by molar-refractivity contribution is 0.0695. The van der Waals surface area contributed by atoms with Gasteiger partial charge in [-0.25, -0.2) is 9.78 Å². The van der Waals surface area contributed by atoms with Crippen LogP contribution in [0, 0.1) is 0 Å². The molecule has 0 bridgehead atoms. The predicted octanol–water partition coefficient (Wildman–Crippen LogP) is 2.06. The number of aromatic nitrogens is 2. The number of methoxy groups -OCH3 is 2. The highest BCUT2D eigenvalue weighted by Crippen LogP contribution is 2.35. The van der Waals surface area contributed by atoms with Crippen molar-refractivity contribution in [1.29, 1.82) is 0 Å². The summed E-state index contributed by atoms with van der Waals surface area (Å²) < 4.78 is 12.6. The summed E-state index contributed by atoms with van der Waals surface area (Å²) in [6.45, 7) is 3.74. The van der Waals surface area contributed by atoms with Crippen molar-refractivity contribution >= 4 is 22.8 Å². The van der Waals surface area contributed by atoms with Crippen LogP contribution in [0.5, 0.6) is 11.5 Å². The van der Waals surface area contributed by atoms with Crippen molar-refractivity contribution < 1.29 is 19.4 Å². The SMILES string of the molecule is COc1ccc(Cn2cc(C(=O)O)c(=O)c3c4c(c(N5CCNCC5)nc32)CCC4)c(OC)c1. The van der Waals surface area contributed by atoms with Crippen LogP contribution in [0.2, 0.25) is 0 Å². The Hall–Kier alpha value is -3.59. The molecule has 1 aliphatic heterocycles. The molecule has 3 aromatic rings. The summed E-state index contributed by atoms with van der Waals surface area (Å²) in [6.07, 6.45) is 3.93. The highest BCUT2D eigenvalue weighted by molar-refractivity contribution is 5.94. The molecule has 0 atom stereocenters. The van der Waals surface area contributed by atoms with Crippen LogP contribution >= 0.6 is 0 Å². The lowest BCUT2D eigenvalue weighted by atomic mass is 10.0. The van der Waals surface area contributed by atoms with Gasteiger partial charge in [-0.1, -0.05) is 0 Å². The Morgan fingerprint density at radius 1 is 1.15 bits per heavy atom. The molecule has 0 amide bonds. The minimum atomic E-state index is -1.24. The number of fused-ring (bicyclic) bond motifs is 3. The van der Waals surface area contributed by atoms with Crippen LogP contribution < -0.4 is 25.1 Å². The van der Waals surface area contributed by atoms with Gasteiger partial charge in [0.05, 0.1) is 26.2 Å². The van der Waals surface area contributed by atoms with Gasteiger partial charge >= 0.3 is 5.97 Å². The quantitative estimate of drug-likeness (QED) is 0.571. The number of nitrogens with one attached hydrogen (secondary N) is 1. The van der Waals surface area contributed by atoms with Crippen molar-refractivity contribution in [2.24, 2.45) is 0 Å². The average Bonchev–Trinajstić information content (AvgIpc) is 3.35. The van der Waals surface area contributed by atoms with Crippen LogP contribution in [-0.4, -0.2) is 61.0 Å². The number of carbonyl (C=O) groups is 1. The second-order valence-electron chi connectivity index (χ2n) is 8.66. The first-order valence-corrected chi connectivity index (χ1v) is 11.5. The first-order valence-electron chi connectivity index (χ1n) is 11.5. The molecule has 34 heavy (non-hydrogen) atoms. The smallest absolute Gasteiger partial charge is 0.341 e. The van der Waals surface area contributed by atoms with Gasteiger partial charge in [0.15, 0.2) is 0 Å². The summed E-state index contributed by atoms with van der Waals surface area (Å²) in [5.74, 6) is 0.958. The topological polar surface area (TPSA) is 106 Å². The minimum Gasteiger partial charge on any atom is -0.497 e. The highest BCUT2D eigenvalue weighted by Gasteiger charge is 2.28. The molecule has 0 radical (unpaired) electrons. The van der Waals surface area contributed by atoms with E-state index in [4.69, 9.17) is 14.5 Å². The fraction of sp³-hybridized carbons (Fsp3) is 0.400. The second kappa shape index (κ2) is 8.98. The van der Waals surface area contributed by atoms with Crippen molar-refractivity contribution in [3.63, 3.8) is 0 Å². The number of hydrogen-bond donors (Lipinski definition) is 2. The Morgan fingerprint density at radius 3 is 2.62 bits per heavy atom. The van der Waals surface area contributed by atoms with E-state index in [9.17, 15) is 14.7 Å². The molecule has 2 aromatic heterocycles. The number of anilines is 1. The van der Waals surface area contributed by atoms with Crippen molar-refractivity contribution in [3.05, 3.63) is 56.9 Å². The van der Waals surface area contributed by atoms with E-state index in [2.05, 4.69) is 10.2 Å². The van der Waals surface area contributed by atoms with E-state index < -0.39 is 11.4 Å². The molecule has 1 saturated heterocycles. The summed E-state index contributed by atoms with van der Waals surface area (Å²) in [6, 6.07) is 5.50. The van der Waals surface area contributed by atoms with E-state index >= 15 is 0 Å². The van der Waals surface area contributed by atoms with Crippen LogP contribution in [0.4, 0.5) is 5.82 Å². The number of ether oxygens (including phenoxy) is 2. The Labute approximate surface area is 196 Å². The Morgan fingerprint density at radius 2 is 1.91 bits per heavy atom. The fourth-order valence-corrected chi connectivity index (χ4v) is 5.06. The Balaban J connectivity index is 1.75. The van der Waals surface area contributed by atoms with Crippen molar-refractivity contribution in [3.8, 4) is 11.5 Å². The molecule has 2 N–H and O–H groups in total. The molecule has 9 heteroatoms. The highest BCUT2D eigenvalue weighted by atomic mass is 16.5. The standard InChI is InChI=1S/C25H28N4O5/c1-33-16-7-6-15(20(12-16)34-2)13-29-14-19(25(31)32)22(30)21-17-4-3-5-18(17)23(27-24(21)29)28-10-8-26-9-11-28/h6-7,12,14,26H,3-5,8-11,13H2,1-2H3,(H,31,32).